The standard InChI is InChI=1S/C17H24FN3/c18-15-11-14(3-4-17(15)21-7-1-2-8-21)19-16-6-10-20-9-5-13(16)12-20/h3-4,11,13,16,19H,1-2,5-10,12H2. The molecule has 0 radical (unpaired) electrons. The topological polar surface area (TPSA) is 18.5 Å². The van der Waals surface area contributed by atoms with Crippen LogP contribution in [0, 0.1) is 11.7 Å². The van der Waals surface area contributed by atoms with E-state index in [1.807, 2.05) is 6.07 Å². The van der Waals surface area contributed by atoms with Gasteiger partial charge in [0.2, 0.25) is 0 Å². The van der Waals surface area contributed by atoms with Crippen molar-refractivity contribution in [1.29, 1.82) is 0 Å². The second-order valence-electron chi connectivity index (χ2n) is 6.75. The quantitative estimate of drug-likeness (QED) is 0.923. The third kappa shape index (κ3) is 2.61. The SMILES string of the molecule is Fc1cc(NC2CCN3CCC2C3)ccc1N1CCCC1. The van der Waals surface area contributed by atoms with E-state index < -0.39 is 0 Å². The van der Waals surface area contributed by atoms with Gasteiger partial charge in [0.1, 0.15) is 5.82 Å². The largest absolute Gasteiger partial charge is 0.382 e. The number of anilines is 2. The van der Waals surface area contributed by atoms with Gasteiger partial charge in [-0.1, -0.05) is 0 Å². The molecule has 1 N–H and O–H groups in total. The van der Waals surface area contributed by atoms with Gasteiger partial charge in [-0.15, -0.1) is 0 Å². The minimum absolute atomic E-state index is 0.0780. The average molecular weight is 289 g/mol. The van der Waals surface area contributed by atoms with Gasteiger partial charge in [-0.05, 0) is 56.3 Å². The van der Waals surface area contributed by atoms with Gasteiger partial charge >= 0.3 is 0 Å². The van der Waals surface area contributed by atoms with Gasteiger partial charge in [-0.25, -0.2) is 4.39 Å². The summed E-state index contributed by atoms with van der Waals surface area (Å²) in [5.74, 6) is 0.658. The van der Waals surface area contributed by atoms with Gasteiger partial charge in [0.15, 0.2) is 0 Å². The molecule has 3 fully saturated rings. The molecule has 4 rings (SSSR count). The second-order valence-corrected chi connectivity index (χ2v) is 6.75. The van der Waals surface area contributed by atoms with Crippen molar-refractivity contribution in [3.63, 3.8) is 0 Å². The zero-order chi connectivity index (χ0) is 14.2. The molecule has 0 amide bonds. The fraction of sp³-hybridized carbons (Fsp3) is 0.647. The molecule has 1 aromatic rings. The van der Waals surface area contributed by atoms with E-state index in [1.165, 1.54) is 45.3 Å². The maximum Gasteiger partial charge on any atom is 0.148 e. The highest BCUT2D eigenvalue weighted by Gasteiger charge is 2.34. The van der Waals surface area contributed by atoms with E-state index in [-0.39, 0.29) is 5.82 Å². The van der Waals surface area contributed by atoms with Crippen LogP contribution >= 0.6 is 0 Å². The molecule has 2 bridgehead atoms. The van der Waals surface area contributed by atoms with E-state index in [4.69, 9.17) is 0 Å². The van der Waals surface area contributed by atoms with Crippen molar-refractivity contribution < 1.29 is 4.39 Å². The van der Waals surface area contributed by atoms with Crippen molar-refractivity contribution in [2.75, 3.05) is 42.9 Å². The molecule has 3 heterocycles. The smallest absolute Gasteiger partial charge is 0.148 e. The van der Waals surface area contributed by atoms with Gasteiger partial charge in [0.05, 0.1) is 5.69 Å². The zero-order valence-electron chi connectivity index (χ0n) is 12.5. The minimum atomic E-state index is -0.0780. The van der Waals surface area contributed by atoms with Gasteiger partial charge in [-0.3, -0.25) is 0 Å². The summed E-state index contributed by atoms with van der Waals surface area (Å²) in [6.07, 6.45) is 4.82. The Balaban J connectivity index is 1.47. The second kappa shape index (κ2) is 5.48. The number of benzene rings is 1. The van der Waals surface area contributed by atoms with Crippen molar-refractivity contribution in [1.82, 2.24) is 4.90 Å². The molecule has 3 saturated heterocycles. The lowest BCUT2D eigenvalue weighted by Crippen LogP contribution is -2.39. The lowest BCUT2D eigenvalue weighted by Gasteiger charge is -2.32. The van der Waals surface area contributed by atoms with Crippen molar-refractivity contribution in [3.05, 3.63) is 24.0 Å². The summed E-state index contributed by atoms with van der Waals surface area (Å²) in [4.78, 5) is 4.70. The number of nitrogens with one attached hydrogen (secondary N) is 1. The fourth-order valence-corrected chi connectivity index (χ4v) is 4.17. The lowest BCUT2D eigenvalue weighted by atomic mass is 9.94. The Labute approximate surface area is 126 Å². The Morgan fingerprint density at radius 2 is 1.86 bits per heavy atom. The van der Waals surface area contributed by atoms with E-state index in [0.29, 0.717) is 6.04 Å². The normalized spacial score (nSPS) is 31.7. The third-order valence-electron chi connectivity index (χ3n) is 5.38. The van der Waals surface area contributed by atoms with Crippen LogP contribution < -0.4 is 10.2 Å². The summed E-state index contributed by atoms with van der Waals surface area (Å²) in [6, 6.07) is 6.21. The summed E-state index contributed by atoms with van der Waals surface area (Å²) < 4.78 is 14.4. The number of piperidine rings is 1. The summed E-state index contributed by atoms with van der Waals surface area (Å²) in [5.41, 5.74) is 1.72. The van der Waals surface area contributed by atoms with Crippen LogP contribution in [0.2, 0.25) is 0 Å². The minimum Gasteiger partial charge on any atom is -0.382 e. The highest BCUT2D eigenvalue weighted by atomic mass is 19.1. The van der Waals surface area contributed by atoms with Crippen LogP contribution in [-0.2, 0) is 0 Å². The molecule has 1 aromatic carbocycles. The summed E-state index contributed by atoms with van der Waals surface area (Å²) >= 11 is 0. The van der Waals surface area contributed by atoms with Crippen LogP contribution in [0.1, 0.15) is 25.7 Å². The van der Waals surface area contributed by atoms with E-state index >= 15 is 0 Å². The molecule has 4 heteroatoms. The predicted octanol–water partition coefficient (Wildman–Crippen LogP) is 2.93. The molecule has 3 aliphatic rings. The number of rotatable bonds is 3. The number of halogens is 1. The molecule has 21 heavy (non-hydrogen) atoms. The van der Waals surface area contributed by atoms with E-state index in [9.17, 15) is 4.39 Å². The van der Waals surface area contributed by atoms with Crippen molar-refractivity contribution in [3.8, 4) is 0 Å². The Morgan fingerprint density at radius 1 is 1.05 bits per heavy atom. The first-order chi connectivity index (χ1) is 10.3. The zero-order valence-corrected chi connectivity index (χ0v) is 12.5. The Morgan fingerprint density at radius 3 is 2.67 bits per heavy atom. The van der Waals surface area contributed by atoms with E-state index in [0.717, 1.165) is 30.4 Å². The number of hydrogen-bond donors (Lipinski definition) is 1. The Bertz CT molecular complexity index is 513. The number of hydrogen-bond acceptors (Lipinski definition) is 3. The molecule has 114 valence electrons. The molecule has 0 spiro atoms. The third-order valence-corrected chi connectivity index (χ3v) is 5.38. The Hall–Kier alpha value is -1.29. The summed E-state index contributed by atoms with van der Waals surface area (Å²) in [7, 11) is 0. The number of nitrogens with zero attached hydrogens (tertiary/aromatic N) is 2. The average Bonchev–Trinajstić information content (AvgIpc) is 3.13. The molecule has 3 aliphatic heterocycles. The highest BCUT2D eigenvalue weighted by Crippen LogP contribution is 2.31. The van der Waals surface area contributed by atoms with Crippen molar-refractivity contribution in [2.24, 2.45) is 5.92 Å². The molecule has 0 saturated carbocycles. The number of fused-ring (bicyclic) bond motifs is 2. The van der Waals surface area contributed by atoms with Crippen LogP contribution in [0.5, 0.6) is 0 Å². The van der Waals surface area contributed by atoms with Gasteiger partial charge < -0.3 is 15.1 Å². The maximum atomic E-state index is 14.4. The Kier molecular flexibility index (Phi) is 3.49. The van der Waals surface area contributed by atoms with Gasteiger partial charge in [0, 0.05) is 37.9 Å². The monoisotopic (exact) mass is 289 g/mol. The molecule has 3 atom stereocenters. The first-order valence-electron chi connectivity index (χ1n) is 8.33. The first kappa shape index (κ1) is 13.4. The summed E-state index contributed by atoms with van der Waals surface area (Å²) in [5, 5.41) is 3.58. The lowest BCUT2D eigenvalue weighted by molar-refractivity contribution is 0.255. The molecule has 3 unspecified atom stereocenters. The molecular weight excluding hydrogens is 265 g/mol. The van der Waals surface area contributed by atoms with E-state index in [2.05, 4.69) is 21.2 Å². The molecule has 3 nitrogen and oxygen atoms in total. The fourth-order valence-electron chi connectivity index (χ4n) is 4.17. The maximum absolute atomic E-state index is 14.4. The van der Waals surface area contributed by atoms with Crippen LogP contribution in [0.3, 0.4) is 0 Å². The predicted molar refractivity (Wildman–Crippen MR) is 84.4 cm³/mol. The van der Waals surface area contributed by atoms with Crippen LogP contribution in [0.15, 0.2) is 18.2 Å². The summed E-state index contributed by atoms with van der Waals surface area (Å²) in [6.45, 7) is 5.62. The van der Waals surface area contributed by atoms with Gasteiger partial charge in [0.25, 0.3) is 0 Å². The van der Waals surface area contributed by atoms with Crippen LogP contribution in [-0.4, -0.2) is 43.7 Å². The van der Waals surface area contributed by atoms with Crippen molar-refractivity contribution in [2.45, 2.75) is 31.7 Å². The molecule has 0 aliphatic carbocycles. The first-order valence-corrected chi connectivity index (χ1v) is 8.33. The van der Waals surface area contributed by atoms with Crippen LogP contribution in [0.4, 0.5) is 15.8 Å². The van der Waals surface area contributed by atoms with Gasteiger partial charge in [-0.2, -0.15) is 0 Å². The van der Waals surface area contributed by atoms with Crippen molar-refractivity contribution >= 4 is 11.4 Å². The van der Waals surface area contributed by atoms with Crippen LogP contribution in [0.25, 0.3) is 0 Å². The van der Waals surface area contributed by atoms with E-state index in [1.54, 1.807) is 6.07 Å². The molecular formula is C17H24FN3. The highest BCUT2D eigenvalue weighted by molar-refractivity contribution is 5.57. The molecule has 0 aromatic heterocycles.